The van der Waals surface area contributed by atoms with Crippen LogP contribution >= 0.6 is 0 Å². The maximum atomic E-state index is 14.6. The van der Waals surface area contributed by atoms with E-state index in [0.29, 0.717) is 38.3 Å². The van der Waals surface area contributed by atoms with Gasteiger partial charge in [0.05, 0.1) is 0 Å². The Bertz CT molecular complexity index is 1530. The fourth-order valence-electron chi connectivity index (χ4n) is 6.47. The fraction of sp³-hybridized carbons (Fsp3) is 0.462. The Morgan fingerprint density at radius 1 is 0.872 bits per heavy atom. The molecule has 3 atom stereocenters. The summed E-state index contributed by atoms with van der Waals surface area (Å²) in [5.74, 6) is -0.208. The van der Waals surface area contributed by atoms with E-state index in [-0.39, 0.29) is 17.7 Å². The molecule has 2 N–H and O–H groups in total. The topological polar surface area (TPSA) is 90.2 Å². The van der Waals surface area contributed by atoms with Crippen molar-refractivity contribution in [3.63, 3.8) is 0 Å². The SMILES string of the molecule is CN(C)CC1CCCN(C(=O)C(Cc2ccccc2)N(C)C(=O)[C@@H](Cc2ccc3ccccc3c2)N(C)C(=O)/C=C/CC(C)(C)N)C1. The van der Waals surface area contributed by atoms with E-state index in [1.54, 1.807) is 25.1 Å². The number of fused-ring (bicyclic) bond motifs is 1. The van der Waals surface area contributed by atoms with E-state index in [4.69, 9.17) is 5.73 Å². The van der Waals surface area contributed by atoms with Crippen LogP contribution in [0.4, 0.5) is 0 Å². The van der Waals surface area contributed by atoms with Gasteiger partial charge in [-0.15, -0.1) is 0 Å². The Balaban J connectivity index is 1.66. The van der Waals surface area contributed by atoms with Crippen molar-refractivity contribution in [1.29, 1.82) is 0 Å². The van der Waals surface area contributed by atoms with Crippen molar-refractivity contribution in [2.24, 2.45) is 11.7 Å². The Morgan fingerprint density at radius 3 is 2.21 bits per heavy atom. The number of amides is 3. The van der Waals surface area contributed by atoms with Crippen molar-refractivity contribution >= 4 is 28.5 Å². The summed E-state index contributed by atoms with van der Waals surface area (Å²) in [6.07, 6.45) is 6.51. The number of hydrogen-bond donors (Lipinski definition) is 1. The van der Waals surface area contributed by atoms with Crippen LogP contribution in [0.3, 0.4) is 0 Å². The molecule has 47 heavy (non-hydrogen) atoms. The second kappa shape index (κ2) is 16.2. The zero-order valence-electron chi connectivity index (χ0n) is 29.1. The molecule has 1 aliphatic rings. The number of benzene rings is 3. The van der Waals surface area contributed by atoms with E-state index in [0.717, 1.165) is 41.3 Å². The minimum atomic E-state index is -0.821. The molecule has 252 valence electrons. The molecule has 0 saturated carbocycles. The van der Waals surface area contributed by atoms with Crippen molar-refractivity contribution in [2.75, 3.05) is 47.8 Å². The summed E-state index contributed by atoms with van der Waals surface area (Å²) in [6, 6.07) is 22.5. The smallest absolute Gasteiger partial charge is 0.246 e. The van der Waals surface area contributed by atoms with Crippen LogP contribution in [0.25, 0.3) is 10.8 Å². The maximum Gasteiger partial charge on any atom is 0.246 e. The predicted molar refractivity (Wildman–Crippen MR) is 191 cm³/mol. The summed E-state index contributed by atoms with van der Waals surface area (Å²) in [5.41, 5.74) is 7.60. The summed E-state index contributed by atoms with van der Waals surface area (Å²) in [5, 5.41) is 2.17. The molecule has 0 bridgehead atoms. The molecule has 3 amide bonds. The molecule has 3 aromatic rings. The van der Waals surface area contributed by atoms with Gasteiger partial charge >= 0.3 is 0 Å². The Morgan fingerprint density at radius 2 is 1.53 bits per heavy atom. The molecule has 8 heteroatoms. The second-order valence-corrected chi connectivity index (χ2v) is 14.2. The third-order valence-electron chi connectivity index (χ3n) is 9.07. The van der Waals surface area contributed by atoms with Crippen molar-refractivity contribution in [3.05, 3.63) is 96.1 Å². The van der Waals surface area contributed by atoms with Gasteiger partial charge in [-0.05, 0) is 81.1 Å². The Kier molecular flexibility index (Phi) is 12.4. The summed E-state index contributed by atoms with van der Waals surface area (Å²) < 4.78 is 0. The molecule has 0 spiro atoms. The lowest BCUT2D eigenvalue weighted by Crippen LogP contribution is -2.57. The molecule has 3 aromatic carbocycles. The van der Waals surface area contributed by atoms with Gasteiger partial charge in [0.2, 0.25) is 17.7 Å². The zero-order valence-corrected chi connectivity index (χ0v) is 29.1. The zero-order chi connectivity index (χ0) is 34.1. The minimum absolute atomic E-state index is 0.0448. The molecule has 1 fully saturated rings. The van der Waals surface area contributed by atoms with Crippen LogP contribution in [0.2, 0.25) is 0 Å². The quantitative estimate of drug-likeness (QED) is 0.273. The van der Waals surface area contributed by atoms with E-state index >= 15 is 0 Å². The average Bonchev–Trinajstić information content (AvgIpc) is 3.04. The molecule has 8 nitrogen and oxygen atoms in total. The van der Waals surface area contributed by atoms with Crippen LogP contribution in [0, 0.1) is 5.92 Å². The highest BCUT2D eigenvalue weighted by Crippen LogP contribution is 2.23. The molecule has 1 aliphatic heterocycles. The van der Waals surface area contributed by atoms with Gasteiger partial charge in [-0.1, -0.05) is 78.9 Å². The van der Waals surface area contributed by atoms with Gasteiger partial charge < -0.3 is 25.3 Å². The van der Waals surface area contributed by atoms with E-state index in [2.05, 4.69) is 31.1 Å². The van der Waals surface area contributed by atoms with Gasteiger partial charge in [-0.3, -0.25) is 14.4 Å². The lowest BCUT2D eigenvalue weighted by molar-refractivity contribution is -0.150. The van der Waals surface area contributed by atoms with Crippen molar-refractivity contribution in [1.82, 2.24) is 19.6 Å². The van der Waals surface area contributed by atoms with E-state index in [1.807, 2.05) is 79.4 Å². The third kappa shape index (κ3) is 10.2. The lowest BCUT2D eigenvalue weighted by atomic mass is 9.95. The standard InChI is InChI=1S/C39H53N5O3/c1-39(2,40)22-12-19-36(45)42(5)34(26-30-20-21-32-17-10-11-18-33(32)24-30)37(46)43(6)35(25-29-14-8-7-9-15-29)38(47)44-23-13-16-31(28-44)27-41(3)4/h7-12,14-15,17-21,24,31,34-35H,13,16,22-23,25-28,40H2,1-6H3/b19-12+/t31?,34-,35?/m1/s1. The van der Waals surface area contributed by atoms with Crippen LogP contribution in [0.5, 0.6) is 0 Å². The van der Waals surface area contributed by atoms with Crippen LogP contribution in [-0.2, 0) is 27.2 Å². The van der Waals surface area contributed by atoms with Crippen LogP contribution in [0.1, 0.15) is 44.2 Å². The van der Waals surface area contributed by atoms with Crippen LogP contribution < -0.4 is 5.73 Å². The predicted octanol–water partition coefficient (Wildman–Crippen LogP) is 4.76. The number of nitrogens with two attached hydrogens (primary N) is 1. The number of likely N-dealkylation sites (N-methyl/N-ethyl adjacent to an activating group) is 2. The molecule has 1 saturated heterocycles. The van der Waals surface area contributed by atoms with E-state index in [1.165, 1.54) is 11.0 Å². The lowest BCUT2D eigenvalue weighted by Gasteiger charge is -2.39. The molecule has 0 radical (unpaired) electrons. The molecule has 2 unspecified atom stereocenters. The highest BCUT2D eigenvalue weighted by Gasteiger charge is 2.37. The normalized spacial score (nSPS) is 16.8. The van der Waals surface area contributed by atoms with Gasteiger partial charge in [-0.25, -0.2) is 0 Å². The van der Waals surface area contributed by atoms with Crippen molar-refractivity contribution in [2.45, 2.75) is 63.6 Å². The first kappa shape index (κ1) is 35.8. The largest absolute Gasteiger partial charge is 0.341 e. The first-order valence-corrected chi connectivity index (χ1v) is 16.8. The summed E-state index contributed by atoms with van der Waals surface area (Å²) in [6.45, 7) is 6.07. The number of piperidine rings is 1. The molecular formula is C39H53N5O3. The summed E-state index contributed by atoms with van der Waals surface area (Å²) in [4.78, 5) is 49.7. The molecular weight excluding hydrogens is 586 g/mol. The van der Waals surface area contributed by atoms with Gasteiger partial charge in [0, 0.05) is 52.1 Å². The highest BCUT2D eigenvalue weighted by atomic mass is 16.2. The van der Waals surface area contributed by atoms with E-state index < -0.39 is 17.6 Å². The average molecular weight is 640 g/mol. The maximum absolute atomic E-state index is 14.6. The monoisotopic (exact) mass is 639 g/mol. The van der Waals surface area contributed by atoms with Crippen molar-refractivity contribution in [3.8, 4) is 0 Å². The number of carbonyl (C=O) groups is 3. The summed E-state index contributed by atoms with van der Waals surface area (Å²) >= 11 is 0. The van der Waals surface area contributed by atoms with E-state index in [9.17, 15) is 14.4 Å². The minimum Gasteiger partial charge on any atom is -0.341 e. The second-order valence-electron chi connectivity index (χ2n) is 14.2. The number of carbonyl (C=O) groups excluding carboxylic acids is 3. The van der Waals surface area contributed by atoms with Gasteiger partial charge in [0.1, 0.15) is 12.1 Å². The summed E-state index contributed by atoms with van der Waals surface area (Å²) in [7, 11) is 7.51. The van der Waals surface area contributed by atoms with Crippen LogP contribution in [-0.4, -0.2) is 103 Å². The highest BCUT2D eigenvalue weighted by molar-refractivity contribution is 5.95. The molecule has 0 aromatic heterocycles. The Labute approximate surface area is 281 Å². The number of hydrogen-bond acceptors (Lipinski definition) is 5. The van der Waals surface area contributed by atoms with Gasteiger partial charge in [0.25, 0.3) is 0 Å². The number of rotatable bonds is 13. The molecule has 0 aliphatic carbocycles. The molecule has 4 rings (SSSR count). The first-order valence-electron chi connectivity index (χ1n) is 16.8. The van der Waals surface area contributed by atoms with Gasteiger partial charge in [-0.2, -0.15) is 0 Å². The number of nitrogens with zero attached hydrogens (tertiary/aromatic N) is 4. The third-order valence-corrected chi connectivity index (χ3v) is 9.07. The van der Waals surface area contributed by atoms with Gasteiger partial charge in [0.15, 0.2) is 0 Å². The Hall–Kier alpha value is -4.01. The fourth-order valence-corrected chi connectivity index (χ4v) is 6.47. The van der Waals surface area contributed by atoms with Crippen molar-refractivity contribution < 1.29 is 14.4 Å². The number of likely N-dealkylation sites (tertiary alicyclic amines) is 1. The molecule has 1 heterocycles. The van der Waals surface area contributed by atoms with Crippen LogP contribution in [0.15, 0.2) is 84.9 Å². The first-order chi connectivity index (χ1) is 22.3.